The van der Waals surface area contributed by atoms with E-state index < -0.39 is 28.8 Å². The van der Waals surface area contributed by atoms with E-state index in [1.54, 1.807) is 21.3 Å². The third-order valence-corrected chi connectivity index (χ3v) is 12.5. The molecule has 3 fully saturated rings. The van der Waals surface area contributed by atoms with Crippen molar-refractivity contribution in [3.63, 3.8) is 0 Å². The lowest BCUT2D eigenvalue weighted by Gasteiger charge is -2.54. The molecule has 2 aliphatic heterocycles. The van der Waals surface area contributed by atoms with Gasteiger partial charge in [0.2, 0.25) is 0 Å². The molecule has 1 saturated carbocycles. The van der Waals surface area contributed by atoms with Gasteiger partial charge in [-0.2, -0.15) is 0 Å². The third kappa shape index (κ3) is 7.94. The average Bonchev–Trinajstić information content (AvgIpc) is 3.40. The molecule has 9 nitrogen and oxygen atoms in total. The van der Waals surface area contributed by atoms with Gasteiger partial charge in [-0.25, -0.2) is 0 Å². The first kappa shape index (κ1) is 39.4. The zero-order chi connectivity index (χ0) is 37.6. The molecule has 9 heteroatoms. The maximum absolute atomic E-state index is 12.7. The molecule has 3 aromatic rings. The number of rotatable bonds is 18. The van der Waals surface area contributed by atoms with Gasteiger partial charge in [0.15, 0.2) is 0 Å². The second-order valence-corrected chi connectivity index (χ2v) is 15.5. The highest BCUT2D eigenvalue weighted by Crippen LogP contribution is 2.61. The van der Waals surface area contributed by atoms with Crippen molar-refractivity contribution in [2.75, 3.05) is 34.7 Å². The molecule has 288 valence electrons. The van der Waals surface area contributed by atoms with E-state index in [9.17, 15) is 5.11 Å². The Balaban J connectivity index is 1.42. The van der Waals surface area contributed by atoms with E-state index in [1.165, 1.54) is 0 Å². The van der Waals surface area contributed by atoms with Gasteiger partial charge in [-0.15, -0.1) is 6.58 Å². The van der Waals surface area contributed by atoms with Gasteiger partial charge in [0.05, 0.1) is 64.6 Å². The first-order valence-electron chi connectivity index (χ1n) is 18.8. The highest BCUT2D eigenvalue weighted by atomic mass is 16.7. The monoisotopic (exact) mass is 730 g/mol. The van der Waals surface area contributed by atoms with Gasteiger partial charge < -0.3 is 43.0 Å². The quantitative estimate of drug-likeness (QED) is 0.105. The number of fused-ring (bicyclic) bond motifs is 5. The molecule has 0 unspecified atom stereocenters. The fourth-order valence-corrected chi connectivity index (χ4v) is 9.28. The average molecular weight is 731 g/mol. The Hall–Kier alpha value is -3.28. The molecule has 2 heterocycles. The van der Waals surface area contributed by atoms with Crippen molar-refractivity contribution in [2.24, 2.45) is 23.2 Å². The summed E-state index contributed by atoms with van der Waals surface area (Å²) in [5.41, 5.74) is 0.452. The lowest BCUT2D eigenvalue weighted by atomic mass is 9.66. The van der Waals surface area contributed by atoms with Crippen molar-refractivity contribution < 1.29 is 43.0 Å². The molecule has 3 aliphatic rings. The summed E-state index contributed by atoms with van der Waals surface area (Å²) in [7, 11) is 4.96. The van der Waals surface area contributed by atoms with Crippen LogP contribution in [0.15, 0.2) is 91.5 Å². The van der Waals surface area contributed by atoms with Crippen molar-refractivity contribution >= 4 is 0 Å². The maximum Gasteiger partial charge on any atom is 0.146 e. The van der Waals surface area contributed by atoms with Crippen LogP contribution in [0.2, 0.25) is 0 Å². The van der Waals surface area contributed by atoms with Crippen molar-refractivity contribution in [1.29, 1.82) is 0 Å². The molecule has 6 rings (SSSR count). The Kier molecular flexibility index (Phi) is 12.7. The number of hydrogen-bond donors (Lipinski definition) is 1. The second-order valence-electron chi connectivity index (χ2n) is 15.5. The lowest BCUT2D eigenvalue weighted by molar-refractivity contribution is -0.271. The molecule has 0 aromatic heterocycles. The van der Waals surface area contributed by atoms with Gasteiger partial charge in [-0.3, -0.25) is 0 Å². The van der Waals surface area contributed by atoms with Crippen LogP contribution in [0.5, 0.6) is 11.5 Å². The molecule has 53 heavy (non-hydrogen) atoms. The summed E-state index contributed by atoms with van der Waals surface area (Å²) in [6.07, 6.45) is 2.18. The van der Waals surface area contributed by atoms with Crippen molar-refractivity contribution in [3.8, 4) is 11.5 Å². The summed E-state index contributed by atoms with van der Waals surface area (Å²) in [4.78, 5) is 0. The standard InChI is InChI=1S/C44H58O9/c1-8-38(50-26-33-16-20-35(48-7)21-17-33)43(52-27-31-12-10-9-11-13-31,28-49-25-32-14-18-34(47-6)19-15-32)37-24-39-44(45)23-22-36(42(44,3)4)41(51-29-46-5)40(53-39)30(37)2/h8-21,30,36-41,45H,1,22-29H2,2-7H3/t30-,36-,37+,38-,39+,40-,41-,43-,44+/m1/s1. The summed E-state index contributed by atoms with van der Waals surface area (Å²) < 4.78 is 50.7. The Morgan fingerprint density at radius 3 is 2.11 bits per heavy atom. The molecular weight excluding hydrogens is 672 g/mol. The number of ether oxygens (including phenoxy) is 8. The van der Waals surface area contributed by atoms with Crippen LogP contribution in [0.3, 0.4) is 0 Å². The molecule has 0 amide bonds. The number of methoxy groups -OCH3 is 3. The topological polar surface area (TPSA) is 94.1 Å². The zero-order valence-electron chi connectivity index (χ0n) is 32.2. The van der Waals surface area contributed by atoms with Crippen LogP contribution in [0.25, 0.3) is 0 Å². The normalized spacial score (nSPS) is 29.1. The van der Waals surface area contributed by atoms with Crippen LogP contribution in [-0.2, 0) is 48.2 Å². The van der Waals surface area contributed by atoms with Crippen LogP contribution in [0.4, 0.5) is 0 Å². The molecule has 0 radical (unpaired) electrons. The summed E-state index contributed by atoms with van der Waals surface area (Å²) in [6.45, 7) is 12.2. The number of benzene rings is 3. The van der Waals surface area contributed by atoms with Gasteiger partial charge in [-0.05, 0) is 72.1 Å². The van der Waals surface area contributed by atoms with Gasteiger partial charge >= 0.3 is 0 Å². The summed E-state index contributed by atoms with van der Waals surface area (Å²) in [6, 6.07) is 25.9. The van der Waals surface area contributed by atoms with Crippen LogP contribution in [0.1, 0.15) is 56.7 Å². The molecule has 0 spiro atoms. The summed E-state index contributed by atoms with van der Waals surface area (Å²) in [5, 5.41) is 12.7. The van der Waals surface area contributed by atoms with Gasteiger partial charge in [-0.1, -0.05) is 81.4 Å². The fraction of sp³-hybridized carbons (Fsp3) is 0.545. The van der Waals surface area contributed by atoms with Crippen LogP contribution >= 0.6 is 0 Å². The first-order chi connectivity index (χ1) is 25.6. The maximum atomic E-state index is 12.7. The molecule has 3 aromatic carbocycles. The highest BCUT2D eigenvalue weighted by Gasteiger charge is 2.68. The van der Waals surface area contributed by atoms with E-state index in [0.717, 1.165) is 34.6 Å². The van der Waals surface area contributed by atoms with Crippen LogP contribution in [0, 0.1) is 23.2 Å². The van der Waals surface area contributed by atoms with E-state index in [-0.39, 0.29) is 43.4 Å². The van der Waals surface area contributed by atoms with E-state index in [0.29, 0.717) is 32.7 Å². The minimum absolute atomic E-state index is 0.0753. The Morgan fingerprint density at radius 2 is 1.51 bits per heavy atom. The number of hydrogen-bond acceptors (Lipinski definition) is 9. The minimum atomic E-state index is -1.07. The molecule has 1 aliphatic carbocycles. The highest BCUT2D eigenvalue weighted by molar-refractivity contribution is 5.28. The Bertz CT molecular complexity index is 1600. The van der Waals surface area contributed by atoms with E-state index in [2.05, 4.69) is 39.5 Å². The second kappa shape index (κ2) is 17.0. The summed E-state index contributed by atoms with van der Waals surface area (Å²) in [5.74, 6) is 1.36. The van der Waals surface area contributed by atoms with E-state index >= 15 is 0 Å². The summed E-state index contributed by atoms with van der Waals surface area (Å²) >= 11 is 0. The molecule has 4 bridgehead atoms. The van der Waals surface area contributed by atoms with Gasteiger partial charge in [0.1, 0.15) is 30.0 Å². The smallest absolute Gasteiger partial charge is 0.146 e. The molecule has 2 saturated heterocycles. The fourth-order valence-electron chi connectivity index (χ4n) is 9.28. The van der Waals surface area contributed by atoms with Crippen molar-refractivity contribution in [2.45, 2.75) is 95.5 Å². The first-order valence-corrected chi connectivity index (χ1v) is 18.8. The predicted octanol–water partition coefficient (Wildman–Crippen LogP) is 7.53. The van der Waals surface area contributed by atoms with E-state index in [4.69, 9.17) is 37.9 Å². The largest absolute Gasteiger partial charge is 0.497 e. The molecular formula is C44H58O9. The molecule has 1 N–H and O–H groups in total. The van der Waals surface area contributed by atoms with Gasteiger partial charge in [0, 0.05) is 18.4 Å². The Labute approximate surface area is 315 Å². The molecule has 9 atom stereocenters. The SMILES string of the molecule is C=C[C@@H](OCc1ccc(OC)cc1)[C@](COCc1ccc(OC)cc1)(OCc1ccccc1)[C@H]1C[C@@H]2O[C@H]([C@@H]1C)[C@H](OCOC)[C@H]1CC[C@@]2(O)C1(C)C. The van der Waals surface area contributed by atoms with Crippen molar-refractivity contribution in [3.05, 3.63) is 108 Å². The van der Waals surface area contributed by atoms with E-state index in [1.807, 2.05) is 72.8 Å². The minimum Gasteiger partial charge on any atom is -0.497 e. The zero-order valence-corrected chi connectivity index (χ0v) is 32.2. The predicted molar refractivity (Wildman–Crippen MR) is 203 cm³/mol. The lowest BCUT2D eigenvalue weighted by Crippen LogP contribution is -2.64. The Morgan fingerprint density at radius 1 is 0.887 bits per heavy atom. The van der Waals surface area contributed by atoms with Crippen molar-refractivity contribution in [1.82, 2.24) is 0 Å². The third-order valence-electron chi connectivity index (χ3n) is 12.5. The number of aliphatic hydroxyl groups is 1. The van der Waals surface area contributed by atoms with Crippen LogP contribution in [-0.4, -0.2) is 75.5 Å². The van der Waals surface area contributed by atoms with Gasteiger partial charge in [0.25, 0.3) is 0 Å². The van der Waals surface area contributed by atoms with Crippen LogP contribution < -0.4 is 9.47 Å².